The number of hydrogen-bond acceptors (Lipinski definition) is 2. The van der Waals surface area contributed by atoms with Crippen molar-refractivity contribution in [2.75, 3.05) is 20.1 Å². The SMILES string of the molecule is CC.CN1CCC(C)(C)CC1.NC=O. The largest absolute Gasteiger partial charge is 0.372 e. The predicted octanol–water partition coefficient (Wildman–Crippen LogP) is 1.87. The van der Waals surface area contributed by atoms with Crippen molar-refractivity contribution in [3.63, 3.8) is 0 Å². The zero-order valence-corrected chi connectivity index (χ0v) is 10.3. The van der Waals surface area contributed by atoms with Gasteiger partial charge in [0.1, 0.15) is 0 Å². The van der Waals surface area contributed by atoms with Gasteiger partial charge in [0, 0.05) is 0 Å². The predicted molar refractivity (Wildman–Crippen MR) is 62.1 cm³/mol. The van der Waals surface area contributed by atoms with Crippen LogP contribution in [0.4, 0.5) is 0 Å². The van der Waals surface area contributed by atoms with Gasteiger partial charge >= 0.3 is 0 Å². The van der Waals surface area contributed by atoms with E-state index in [-0.39, 0.29) is 6.41 Å². The first-order chi connectivity index (χ1) is 6.52. The number of rotatable bonds is 0. The lowest BCUT2D eigenvalue weighted by molar-refractivity contribution is -0.106. The maximum atomic E-state index is 8.58. The van der Waals surface area contributed by atoms with Crippen molar-refractivity contribution in [2.24, 2.45) is 11.1 Å². The van der Waals surface area contributed by atoms with E-state index >= 15 is 0 Å². The number of nitrogens with zero attached hydrogens (tertiary/aromatic N) is 1. The smallest absolute Gasteiger partial charge is 0.204 e. The molecule has 1 amide bonds. The van der Waals surface area contributed by atoms with Crippen molar-refractivity contribution < 1.29 is 4.79 Å². The van der Waals surface area contributed by atoms with Crippen LogP contribution in [-0.4, -0.2) is 31.4 Å². The first kappa shape index (κ1) is 15.9. The summed E-state index contributed by atoms with van der Waals surface area (Å²) in [6, 6.07) is 0. The fourth-order valence-electron chi connectivity index (χ4n) is 1.22. The highest BCUT2D eigenvalue weighted by molar-refractivity contribution is 5.42. The molecule has 1 heterocycles. The molecule has 1 fully saturated rings. The minimum atomic E-state index is 0.250. The lowest BCUT2D eigenvalue weighted by atomic mass is 9.83. The zero-order chi connectivity index (χ0) is 11.6. The van der Waals surface area contributed by atoms with E-state index < -0.39 is 0 Å². The lowest BCUT2D eigenvalue weighted by Crippen LogP contribution is -2.34. The molecule has 1 aliphatic rings. The topological polar surface area (TPSA) is 46.3 Å². The van der Waals surface area contributed by atoms with Gasteiger partial charge in [-0.2, -0.15) is 0 Å². The van der Waals surface area contributed by atoms with Crippen LogP contribution in [0.15, 0.2) is 0 Å². The quantitative estimate of drug-likeness (QED) is 0.609. The van der Waals surface area contributed by atoms with Crippen LogP contribution in [0.25, 0.3) is 0 Å². The molecule has 0 aromatic rings. The Morgan fingerprint density at radius 2 is 1.50 bits per heavy atom. The van der Waals surface area contributed by atoms with Crippen molar-refractivity contribution in [1.29, 1.82) is 0 Å². The van der Waals surface area contributed by atoms with Gasteiger partial charge in [0.25, 0.3) is 0 Å². The Balaban J connectivity index is 0. The molecule has 1 saturated heterocycles. The maximum absolute atomic E-state index is 8.58. The van der Waals surface area contributed by atoms with E-state index in [1.807, 2.05) is 13.8 Å². The third-order valence-corrected chi connectivity index (χ3v) is 2.34. The highest BCUT2D eigenvalue weighted by atomic mass is 16.1. The molecule has 3 heteroatoms. The molecule has 0 aliphatic carbocycles. The van der Waals surface area contributed by atoms with E-state index in [4.69, 9.17) is 4.79 Å². The number of primary amides is 1. The molecule has 86 valence electrons. The summed E-state index contributed by atoms with van der Waals surface area (Å²) in [5.74, 6) is 0. The van der Waals surface area contributed by atoms with Crippen molar-refractivity contribution >= 4 is 6.41 Å². The van der Waals surface area contributed by atoms with Gasteiger partial charge in [-0.1, -0.05) is 27.7 Å². The molecular weight excluding hydrogens is 176 g/mol. The summed E-state index contributed by atoms with van der Waals surface area (Å²) in [4.78, 5) is 11.0. The lowest BCUT2D eigenvalue weighted by Gasteiger charge is -2.34. The first-order valence-corrected chi connectivity index (χ1v) is 5.36. The fourth-order valence-corrected chi connectivity index (χ4v) is 1.22. The van der Waals surface area contributed by atoms with E-state index in [1.165, 1.54) is 25.9 Å². The van der Waals surface area contributed by atoms with Gasteiger partial charge in [-0.3, -0.25) is 4.79 Å². The molecule has 0 aromatic carbocycles. The van der Waals surface area contributed by atoms with E-state index in [0.717, 1.165) is 0 Å². The normalized spacial score (nSPS) is 19.5. The van der Waals surface area contributed by atoms with Crippen LogP contribution in [0, 0.1) is 5.41 Å². The van der Waals surface area contributed by atoms with Crippen molar-refractivity contribution in [2.45, 2.75) is 40.5 Å². The Kier molecular flexibility index (Phi) is 10.2. The number of hydrogen-bond donors (Lipinski definition) is 1. The molecule has 0 spiro atoms. The second-order valence-electron chi connectivity index (χ2n) is 4.10. The summed E-state index contributed by atoms with van der Waals surface area (Å²) in [6.45, 7) is 11.3. The molecule has 0 unspecified atom stereocenters. The average Bonchev–Trinajstić information content (AvgIpc) is 2.15. The van der Waals surface area contributed by atoms with Crippen molar-refractivity contribution in [3.8, 4) is 0 Å². The number of nitrogens with two attached hydrogens (primary N) is 1. The Morgan fingerprint density at radius 1 is 1.21 bits per heavy atom. The van der Waals surface area contributed by atoms with E-state index in [2.05, 4.69) is 31.5 Å². The van der Waals surface area contributed by atoms with E-state index in [9.17, 15) is 0 Å². The summed E-state index contributed by atoms with van der Waals surface area (Å²) >= 11 is 0. The highest BCUT2D eigenvalue weighted by Gasteiger charge is 2.22. The molecule has 0 saturated carbocycles. The van der Waals surface area contributed by atoms with Gasteiger partial charge in [-0.05, 0) is 38.4 Å². The minimum Gasteiger partial charge on any atom is -0.372 e. The van der Waals surface area contributed by atoms with Crippen LogP contribution >= 0.6 is 0 Å². The molecule has 0 radical (unpaired) electrons. The number of carbonyl (C=O) groups is 1. The second-order valence-corrected chi connectivity index (χ2v) is 4.10. The van der Waals surface area contributed by atoms with Gasteiger partial charge in [0.2, 0.25) is 6.41 Å². The molecule has 0 aromatic heterocycles. The van der Waals surface area contributed by atoms with Gasteiger partial charge in [0.15, 0.2) is 0 Å². The number of carbonyl (C=O) groups excluding carboxylic acids is 1. The van der Waals surface area contributed by atoms with Crippen molar-refractivity contribution in [3.05, 3.63) is 0 Å². The number of likely N-dealkylation sites (tertiary alicyclic amines) is 1. The Bertz CT molecular complexity index is 125. The third-order valence-electron chi connectivity index (χ3n) is 2.34. The Hall–Kier alpha value is -0.570. The maximum Gasteiger partial charge on any atom is 0.204 e. The van der Waals surface area contributed by atoms with E-state index in [1.54, 1.807) is 0 Å². The molecule has 0 atom stereocenters. The van der Waals surface area contributed by atoms with Crippen LogP contribution in [0.1, 0.15) is 40.5 Å². The summed E-state index contributed by atoms with van der Waals surface area (Å²) in [5, 5.41) is 0. The van der Waals surface area contributed by atoms with Crippen LogP contribution in [0.5, 0.6) is 0 Å². The molecule has 1 aliphatic heterocycles. The van der Waals surface area contributed by atoms with Gasteiger partial charge in [-0.15, -0.1) is 0 Å². The van der Waals surface area contributed by atoms with Gasteiger partial charge in [-0.25, -0.2) is 0 Å². The molecule has 3 nitrogen and oxygen atoms in total. The summed E-state index contributed by atoms with van der Waals surface area (Å²) < 4.78 is 0. The summed E-state index contributed by atoms with van der Waals surface area (Å²) in [7, 11) is 2.20. The monoisotopic (exact) mass is 202 g/mol. The van der Waals surface area contributed by atoms with Crippen LogP contribution in [0.2, 0.25) is 0 Å². The molecule has 1 rings (SSSR count). The molecular formula is C11H26N2O. The summed E-state index contributed by atoms with van der Waals surface area (Å²) in [6.07, 6.45) is 2.98. The van der Waals surface area contributed by atoms with Crippen LogP contribution in [-0.2, 0) is 4.79 Å². The number of piperidine rings is 1. The third kappa shape index (κ3) is 9.52. The standard InChI is InChI=1S/C8H17N.C2H6.CH3NO/c1-8(2)4-6-9(3)7-5-8;1-2;2-1-3/h4-7H2,1-3H3;1-2H3;1H,(H2,2,3). The van der Waals surface area contributed by atoms with Gasteiger partial charge < -0.3 is 10.6 Å². The minimum absolute atomic E-state index is 0.250. The first-order valence-electron chi connectivity index (χ1n) is 5.36. The average molecular weight is 202 g/mol. The Labute approximate surface area is 88.7 Å². The highest BCUT2D eigenvalue weighted by Crippen LogP contribution is 2.28. The molecule has 0 bridgehead atoms. The second kappa shape index (κ2) is 9.00. The van der Waals surface area contributed by atoms with E-state index in [0.29, 0.717) is 5.41 Å². The number of amides is 1. The van der Waals surface area contributed by atoms with Gasteiger partial charge in [0.05, 0.1) is 0 Å². The molecule has 2 N–H and O–H groups in total. The summed E-state index contributed by atoms with van der Waals surface area (Å²) in [5.41, 5.74) is 4.78. The fraction of sp³-hybridized carbons (Fsp3) is 0.909. The molecule has 14 heavy (non-hydrogen) atoms. The van der Waals surface area contributed by atoms with Crippen LogP contribution in [0.3, 0.4) is 0 Å². The zero-order valence-electron chi connectivity index (χ0n) is 10.3. The van der Waals surface area contributed by atoms with Crippen molar-refractivity contribution in [1.82, 2.24) is 4.90 Å². The Morgan fingerprint density at radius 3 is 1.71 bits per heavy atom. The van der Waals surface area contributed by atoms with Crippen LogP contribution < -0.4 is 5.73 Å².